The Balaban J connectivity index is 3.86. The SMILES string of the molecule is CCCC(CC(C)CC)C([NH])=O. The molecule has 1 N–H and O–H groups in total. The lowest BCUT2D eigenvalue weighted by atomic mass is 9.90. The van der Waals surface area contributed by atoms with Crippen LogP contribution in [0.1, 0.15) is 46.5 Å². The van der Waals surface area contributed by atoms with Crippen molar-refractivity contribution in [2.24, 2.45) is 11.8 Å². The molecular formula is C10H20NO. The van der Waals surface area contributed by atoms with Crippen molar-refractivity contribution < 1.29 is 4.79 Å². The summed E-state index contributed by atoms with van der Waals surface area (Å²) >= 11 is 0. The van der Waals surface area contributed by atoms with Gasteiger partial charge in [0.05, 0.1) is 0 Å². The molecule has 0 aliphatic carbocycles. The van der Waals surface area contributed by atoms with Crippen molar-refractivity contribution in [3.63, 3.8) is 0 Å². The van der Waals surface area contributed by atoms with Crippen molar-refractivity contribution in [3.8, 4) is 0 Å². The lowest BCUT2D eigenvalue weighted by Gasteiger charge is -2.15. The summed E-state index contributed by atoms with van der Waals surface area (Å²) in [4.78, 5) is 10.9. The van der Waals surface area contributed by atoms with E-state index in [0.717, 1.165) is 25.7 Å². The van der Waals surface area contributed by atoms with Gasteiger partial charge >= 0.3 is 0 Å². The van der Waals surface area contributed by atoms with E-state index in [2.05, 4.69) is 20.8 Å². The molecule has 0 saturated heterocycles. The first-order valence-electron chi connectivity index (χ1n) is 4.87. The molecule has 2 nitrogen and oxygen atoms in total. The fourth-order valence-corrected chi connectivity index (χ4v) is 1.36. The van der Waals surface area contributed by atoms with Gasteiger partial charge in [0.2, 0.25) is 5.91 Å². The summed E-state index contributed by atoms with van der Waals surface area (Å²) in [6, 6.07) is 0. The summed E-state index contributed by atoms with van der Waals surface area (Å²) in [6.07, 6.45) is 3.89. The molecule has 0 bridgehead atoms. The topological polar surface area (TPSA) is 40.9 Å². The molecule has 2 heteroatoms. The van der Waals surface area contributed by atoms with Gasteiger partial charge in [0.25, 0.3) is 0 Å². The number of rotatable bonds is 6. The maximum Gasteiger partial charge on any atom is 0.241 e. The van der Waals surface area contributed by atoms with Crippen LogP contribution in [-0.4, -0.2) is 5.91 Å². The molecule has 0 saturated carbocycles. The van der Waals surface area contributed by atoms with E-state index < -0.39 is 0 Å². The normalized spacial score (nSPS) is 15.6. The second kappa shape index (κ2) is 6.04. The van der Waals surface area contributed by atoms with Crippen LogP contribution in [-0.2, 0) is 4.79 Å². The van der Waals surface area contributed by atoms with E-state index >= 15 is 0 Å². The first-order valence-corrected chi connectivity index (χ1v) is 4.87. The number of carbonyl (C=O) groups excluding carboxylic acids is 1. The van der Waals surface area contributed by atoms with E-state index in [1.165, 1.54) is 0 Å². The van der Waals surface area contributed by atoms with E-state index in [-0.39, 0.29) is 11.8 Å². The zero-order valence-corrected chi connectivity index (χ0v) is 8.39. The van der Waals surface area contributed by atoms with Gasteiger partial charge in [0.1, 0.15) is 0 Å². The Bertz CT molecular complexity index is 134. The standard InChI is InChI=1S/C10H20NO/c1-4-6-9(10(11)12)7-8(3)5-2/h8-9,11H,4-7H2,1-3H3. The van der Waals surface area contributed by atoms with Gasteiger partial charge in [0.15, 0.2) is 0 Å². The molecule has 0 aliphatic rings. The molecule has 0 spiro atoms. The molecule has 0 aliphatic heterocycles. The third-order valence-corrected chi connectivity index (χ3v) is 2.39. The largest absolute Gasteiger partial charge is 0.273 e. The predicted molar refractivity (Wildman–Crippen MR) is 50.6 cm³/mol. The first-order chi connectivity index (χ1) is 5.61. The van der Waals surface area contributed by atoms with E-state index in [0.29, 0.717) is 5.92 Å². The molecule has 1 amide bonds. The summed E-state index contributed by atoms with van der Waals surface area (Å²) in [5.41, 5.74) is 7.07. The van der Waals surface area contributed by atoms with Crippen LogP contribution in [0.25, 0.3) is 0 Å². The van der Waals surface area contributed by atoms with Crippen molar-refractivity contribution in [1.29, 1.82) is 0 Å². The van der Waals surface area contributed by atoms with Crippen LogP contribution in [0.5, 0.6) is 0 Å². The average Bonchev–Trinajstić information content (AvgIpc) is 2.03. The van der Waals surface area contributed by atoms with Gasteiger partial charge in [-0.05, 0) is 18.8 Å². The van der Waals surface area contributed by atoms with Crippen LogP contribution < -0.4 is 5.73 Å². The van der Waals surface area contributed by atoms with Crippen molar-refractivity contribution in [2.75, 3.05) is 0 Å². The molecule has 12 heavy (non-hydrogen) atoms. The van der Waals surface area contributed by atoms with E-state index in [4.69, 9.17) is 5.73 Å². The van der Waals surface area contributed by atoms with Gasteiger partial charge in [-0.3, -0.25) is 10.5 Å². The maximum absolute atomic E-state index is 10.9. The Morgan fingerprint density at radius 3 is 2.33 bits per heavy atom. The number of hydrogen-bond donors (Lipinski definition) is 0. The maximum atomic E-state index is 10.9. The van der Waals surface area contributed by atoms with Crippen LogP contribution >= 0.6 is 0 Å². The molecule has 0 fully saturated rings. The lowest BCUT2D eigenvalue weighted by Crippen LogP contribution is -2.17. The fraction of sp³-hybridized carbons (Fsp3) is 0.900. The Morgan fingerprint density at radius 2 is 2.00 bits per heavy atom. The quantitative estimate of drug-likeness (QED) is 0.604. The van der Waals surface area contributed by atoms with Gasteiger partial charge in [-0.1, -0.05) is 33.6 Å². The van der Waals surface area contributed by atoms with Crippen LogP contribution in [0.15, 0.2) is 0 Å². The summed E-state index contributed by atoms with van der Waals surface area (Å²) in [5.74, 6) is 0.193. The fourth-order valence-electron chi connectivity index (χ4n) is 1.36. The minimum absolute atomic E-state index is 0.00931. The number of nitrogens with one attached hydrogen (secondary N) is 1. The van der Waals surface area contributed by atoms with Crippen LogP contribution in [0.2, 0.25) is 0 Å². The van der Waals surface area contributed by atoms with Crippen molar-refractivity contribution in [2.45, 2.75) is 46.5 Å². The van der Waals surface area contributed by atoms with Crippen molar-refractivity contribution in [3.05, 3.63) is 0 Å². The lowest BCUT2D eigenvalue weighted by molar-refractivity contribution is -0.123. The molecule has 2 unspecified atom stereocenters. The summed E-state index contributed by atoms with van der Waals surface area (Å²) < 4.78 is 0. The molecule has 0 heterocycles. The minimum Gasteiger partial charge on any atom is -0.273 e. The third-order valence-electron chi connectivity index (χ3n) is 2.39. The number of amides is 1. The molecule has 0 aromatic carbocycles. The van der Waals surface area contributed by atoms with Gasteiger partial charge < -0.3 is 0 Å². The highest BCUT2D eigenvalue weighted by Crippen LogP contribution is 2.19. The molecule has 1 radical (unpaired) electrons. The summed E-state index contributed by atoms with van der Waals surface area (Å²) in [6.45, 7) is 6.33. The highest BCUT2D eigenvalue weighted by molar-refractivity contribution is 5.75. The Hall–Kier alpha value is -0.530. The molecule has 0 rings (SSSR count). The molecule has 71 valence electrons. The first kappa shape index (κ1) is 11.5. The molecule has 0 aromatic heterocycles. The van der Waals surface area contributed by atoms with Crippen LogP contribution in [0, 0.1) is 11.8 Å². The second-order valence-electron chi connectivity index (χ2n) is 3.60. The second-order valence-corrected chi connectivity index (χ2v) is 3.60. The highest BCUT2D eigenvalue weighted by atomic mass is 16.1. The van der Waals surface area contributed by atoms with Crippen LogP contribution in [0.4, 0.5) is 0 Å². The van der Waals surface area contributed by atoms with Gasteiger partial charge in [-0.15, -0.1) is 0 Å². The predicted octanol–water partition coefficient (Wildman–Crippen LogP) is 2.65. The molecule has 2 atom stereocenters. The third kappa shape index (κ3) is 4.37. The molecular weight excluding hydrogens is 150 g/mol. The summed E-state index contributed by atoms with van der Waals surface area (Å²) in [7, 11) is 0. The Morgan fingerprint density at radius 1 is 1.42 bits per heavy atom. The zero-order valence-electron chi connectivity index (χ0n) is 8.39. The molecule has 0 aromatic rings. The van der Waals surface area contributed by atoms with E-state index in [1.54, 1.807) is 0 Å². The minimum atomic E-state index is -0.378. The Kier molecular flexibility index (Phi) is 5.77. The average molecular weight is 170 g/mol. The van der Waals surface area contributed by atoms with E-state index in [9.17, 15) is 4.79 Å². The zero-order chi connectivity index (χ0) is 9.56. The van der Waals surface area contributed by atoms with Crippen molar-refractivity contribution >= 4 is 5.91 Å². The van der Waals surface area contributed by atoms with Gasteiger partial charge in [-0.25, -0.2) is 0 Å². The van der Waals surface area contributed by atoms with Gasteiger partial charge in [-0.2, -0.15) is 0 Å². The van der Waals surface area contributed by atoms with Gasteiger partial charge in [0, 0.05) is 5.92 Å². The highest BCUT2D eigenvalue weighted by Gasteiger charge is 2.17. The number of hydrogen-bond acceptors (Lipinski definition) is 1. The monoisotopic (exact) mass is 170 g/mol. The number of carbonyl (C=O) groups is 1. The van der Waals surface area contributed by atoms with Crippen molar-refractivity contribution in [1.82, 2.24) is 5.73 Å². The summed E-state index contributed by atoms with van der Waals surface area (Å²) in [5, 5.41) is 0. The van der Waals surface area contributed by atoms with Crippen LogP contribution in [0.3, 0.4) is 0 Å². The smallest absolute Gasteiger partial charge is 0.241 e. The Labute approximate surface area is 75.5 Å². The van der Waals surface area contributed by atoms with E-state index in [1.807, 2.05) is 0 Å².